The summed E-state index contributed by atoms with van der Waals surface area (Å²) >= 11 is 0. The Hall–Kier alpha value is -0.860. The molecule has 0 spiro atoms. The van der Waals surface area contributed by atoms with Crippen LogP contribution in [-0.2, 0) is 0 Å². The summed E-state index contributed by atoms with van der Waals surface area (Å²) in [6.07, 6.45) is 13.9. The van der Waals surface area contributed by atoms with E-state index in [2.05, 4.69) is 45.3 Å². The molecule has 2 heteroatoms. The predicted molar refractivity (Wildman–Crippen MR) is 110 cm³/mol. The minimum Gasteiger partial charge on any atom is -0.396 e. The SMILES string of the molecule is CCCCCCCCCCCC[N+](C)(C)CC(CO)c1ccccc1. The van der Waals surface area contributed by atoms with E-state index in [1.165, 1.54) is 76.3 Å². The van der Waals surface area contributed by atoms with E-state index in [9.17, 15) is 5.11 Å². The summed E-state index contributed by atoms with van der Waals surface area (Å²) in [5.41, 5.74) is 1.26. The fraction of sp³-hybridized carbons (Fsp3) is 0.739. The van der Waals surface area contributed by atoms with Gasteiger partial charge >= 0.3 is 0 Å². The number of aliphatic hydroxyl groups excluding tert-OH is 1. The van der Waals surface area contributed by atoms with Crippen LogP contribution in [0.3, 0.4) is 0 Å². The van der Waals surface area contributed by atoms with Crippen molar-refractivity contribution in [1.29, 1.82) is 0 Å². The lowest BCUT2D eigenvalue weighted by molar-refractivity contribution is -0.892. The summed E-state index contributed by atoms with van der Waals surface area (Å²) < 4.78 is 0.997. The Labute approximate surface area is 156 Å². The maximum Gasteiger partial charge on any atom is 0.0874 e. The van der Waals surface area contributed by atoms with Crippen LogP contribution >= 0.6 is 0 Å². The van der Waals surface area contributed by atoms with Crippen molar-refractivity contribution in [2.75, 3.05) is 33.8 Å². The number of benzene rings is 1. The summed E-state index contributed by atoms with van der Waals surface area (Å²) in [6, 6.07) is 10.5. The number of hydrogen-bond acceptors (Lipinski definition) is 1. The van der Waals surface area contributed by atoms with E-state index in [4.69, 9.17) is 0 Å². The highest BCUT2D eigenvalue weighted by Gasteiger charge is 2.22. The predicted octanol–water partition coefficient (Wildman–Crippen LogP) is 5.76. The molecule has 0 fully saturated rings. The van der Waals surface area contributed by atoms with E-state index in [0.29, 0.717) is 0 Å². The lowest BCUT2D eigenvalue weighted by atomic mass is 9.98. The third-order valence-electron chi connectivity index (χ3n) is 5.32. The second-order valence-corrected chi connectivity index (χ2v) is 8.31. The third-order valence-corrected chi connectivity index (χ3v) is 5.32. The minimum absolute atomic E-state index is 0.240. The second-order valence-electron chi connectivity index (χ2n) is 8.31. The van der Waals surface area contributed by atoms with E-state index in [0.717, 1.165) is 11.0 Å². The van der Waals surface area contributed by atoms with Crippen molar-refractivity contribution in [1.82, 2.24) is 0 Å². The molecule has 0 bridgehead atoms. The molecule has 1 aromatic rings. The van der Waals surface area contributed by atoms with Gasteiger partial charge in [0.05, 0.1) is 39.7 Å². The molecule has 0 aliphatic carbocycles. The van der Waals surface area contributed by atoms with Gasteiger partial charge in [0.2, 0.25) is 0 Å². The number of quaternary nitrogens is 1. The van der Waals surface area contributed by atoms with Crippen molar-refractivity contribution < 1.29 is 9.59 Å². The van der Waals surface area contributed by atoms with Crippen molar-refractivity contribution in [2.45, 2.75) is 77.0 Å². The van der Waals surface area contributed by atoms with Crippen LogP contribution in [0, 0.1) is 0 Å². The average Bonchev–Trinajstić information content (AvgIpc) is 2.62. The molecule has 144 valence electrons. The topological polar surface area (TPSA) is 20.2 Å². The van der Waals surface area contributed by atoms with E-state index < -0.39 is 0 Å². The van der Waals surface area contributed by atoms with Crippen molar-refractivity contribution in [3.8, 4) is 0 Å². The van der Waals surface area contributed by atoms with E-state index in [1.54, 1.807) is 0 Å². The molecule has 0 amide bonds. The first-order valence-electron chi connectivity index (χ1n) is 10.6. The third kappa shape index (κ3) is 10.7. The number of likely N-dealkylation sites (N-methyl/N-ethyl adjacent to an activating group) is 1. The fourth-order valence-corrected chi connectivity index (χ4v) is 3.71. The molecule has 1 atom stereocenters. The molecule has 0 saturated heterocycles. The van der Waals surface area contributed by atoms with Crippen LogP contribution in [0.4, 0.5) is 0 Å². The number of unbranched alkanes of at least 4 members (excludes halogenated alkanes) is 9. The first kappa shape index (κ1) is 22.2. The lowest BCUT2D eigenvalue weighted by Gasteiger charge is -2.33. The summed E-state index contributed by atoms with van der Waals surface area (Å²) in [5.74, 6) is 0.249. The molecular formula is C23H42NO+. The first-order valence-corrected chi connectivity index (χ1v) is 10.6. The van der Waals surface area contributed by atoms with Crippen molar-refractivity contribution >= 4 is 0 Å². The summed E-state index contributed by atoms with van der Waals surface area (Å²) in [5, 5.41) is 9.78. The van der Waals surface area contributed by atoms with E-state index in [1.807, 2.05) is 6.07 Å². The number of hydrogen-bond donors (Lipinski definition) is 1. The van der Waals surface area contributed by atoms with Crippen LogP contribution in [0.15, 0.2) is 30.3 Å². The highest BCUT2D eigenvalue weighted by Crippen LogP contribution is 2.19. The summed E-state index contributed by atoms with van der Waals surface area (Å²) in [6.45, 7) is 4.74. The number of aliphatic hydroxyl groups is 1. The highest BCUT2D eigenvalue weighted by atomic mass is 16.3. The Bertz CT molecular complexity index is 415. The molecule has 0 aliphatic heterocycles. The Balaban J connectivity index is 2.14. The van der Waals surface area contributed by atoms with Gasteiger partial charge in [-0.25, -0.2) is 0 Å². The molecule has 1 N–H and O–H groups in total. The van der Waals surface area contributed by atoms with Gasteiger partial charge in [0, 0.05) is 0 Å². The monoisotopic (exact) mass is 348 g/mol. The fourth-order valence-electron chi connectivity index (χ4n) is 3.71. The molecule has 0 saturated carbocycles. The Morgan fingerprint density at radius 1 is 0.800 bits per heavy atom. The van der Waals surface area contributed by atoms with Gasteiger partial charge in [-0.2, -0.15) is 0 Å². The van der Waals surface area contributed by atoms with Crippen LogP contribution in [0.1, 0.15) is 82.6 Å². The molecule has 0 aliphatic rings. The summed E-state index contributed by atoms with van der Waals surface area (Å²) in [7, 11) is 4.61. The molecule has 25 heavy (non-hydrogen) atoms. The van der Waals surface area contributed by atoms with E-state index >= 15 is 0 Å². The van der Waals surface area contributed by atoms with Gasteiger partial charge in [0.15, 0.2) is 0 Å². The molecule has 1 rings (SSSR count). The quantitative estimate of drug-likeness (QED) is 0.315. The average molecular weight is 349 g/mol. The standard InChI is InChI=1S/C23H42NO/c1-4-5-6-7-8-9-10-11-12-16-19-24(2,3)20-23(21-25)22-17-14-13-15-18-22/h13-15,17-18,23,25H,4-12,16,19-21H2,1-3H3/q+1. The Morgan fingerprint density at radius 3 is 1.84 bits per heavy atom. The molecule has 2 nitrogen and oxygen atoms in total. The maximum absolute atomic E-state index is 9.78. The van der Waals surface area contributed by atoms with Crippen LogP contribution in [-0.4, -0.2) is 43.4 Å². The molecule has 1 unspecified atom stereocenters. The van der Waals surface area contributed by atoms with Crippen LogP contribution in [0.25, 0.3) is 0 Å². The second kappa shape index (κ2) is 13.4. The zero-order chi connectivity index (χ0) is 18.4. The van der Waals surface area contributed by atoms with Crippen molar-refractivity contribution in [3.05, 3.63) is 35.9 Å². The molecule has 0 heterocycles. The number of nitrogens with zero attached hydrogens (tertiary/aromatic N) is 1. The molecule has 1 aromatic carbocycles. The largest absolute Gasteiger partial charge is 0.396 e. The zero-order valence-corrected chi connectivity index (χ0v) is 17.1. The maximum atomic E-state index is 9.78. The van der Waals surface area contributed by atoms with Crippen molar-refractivity contribution in [2.24, 2.45) is 0 Å². The van der Waals surface area contributed by atoms with Crippen LogP contribution < -0.4 is 0 Å². The number of rotatable bonds is 15. The Kier molecular flexibility index (Phi) is 11.9. The van der Waals surface area contributed by atoms with Gasteiger partial charge in [-0.05, 0) is 18.4 Å². The van der Waals surface area contributed by atoms with Gasteiger partial charge in [0.25, 0.3) is 0 Å². The smallest absolute Gasteiger partial charge is 0.0874 e. The zero-order valence-electron chi connectivity index (χ0n) is 17.1. The van der Waals surface area contributed by atoms with Gasteiger partial charge in [0.1, 0.15) is 0 Å². The van der Waals surface area contributed by atoms with E-state index in [-0.39, 0.29) is 12.5 Å². The van der Waals surface area contributed by atoms with Crippen LogP contribution in [0.5, 0.6) is 0 Å². The Morgan fingerprint density at radius 2 is 1.32 bits per heavy atom. The molecule has 0 aromatic heterocycles. The van der Waals surface area contributed by atoms with Crippen molar-refractivity contribution in [3.63, 3.8) is 0 Å². The van der Waals surface area contributed by atoms with Gasteiger partial charge in [-0.1, -0.05) is 88.6 Å². The minimum atomic E-state index is 0.240. The molecular weight excluding hydrogens is 306 g/mol. The lowest BCUT2D eigenvalue weighted by Crippen LogP contribution is -2.44. The molecule has 0 radical (unpaired) electrons. The van der Waals surface area contributed by atoms with Gasteiger partial charge < -0.3 is 9.59 Å². The van der Waals surface area contributed by atoms with Gasteiger partial charge in [-0.3, -0.25) is 0 Å². The normalized spacial score (nSPS) is 13.1. The highest BCUT2D eigenvalue weighted by molar-refractivity contribution is 5.19. The van der Waals surface area contributed by atoms with Crippen LogP contribution in [0.2, 0.25) is 0 Å². The summed E-state index contributed by atoms with van der Waals surface area (Å²) in [4.78, 5) is 0. The van der Waals surface area contributed by atoms with Gasteiger partial charge in [-0.15, -0.1) is 0 Å². The first-order chi connectivity index (χ1) is 12.1.